The number of halogens is 1. The lowest BCUT2D eigenvalue weighted by Crippen LogP contribution is -2.31. The third kappa shape index (κ3) is 2.59. The zero-order valence-electron chi connectivity index (χ0n) is 9.38. The van der Waals surface area contributed by atoms with Gasteiger partial charge >= 0.3 is 0 Å². The Balaban J connectivity index is 2.97. The summed E-state index contributed by atoms with van der Waals surface area (Å²) >= 11 is 0. The zero-order chi connectivity index (χ0) is 12.3. The molecule has 0 aliphatic carbocycles. The molecule has 1 atom stereocenters. The van der Waals surface area contributed by atoms with Gasteiger partial charge in [-0.1, -0.05) is 6.08 Å². The third-order valence-corrected chi connectivity index (χ3v) is 2.36. The van der Waals surface area contributed by atoms with E-state index in [9.17, 15) is 9.18 Å². The van der Waals surface area contributed by atoms with Gasteiger partial charge in [-0.25, -0.2) is 4.39 Å². The summed E-state index contributed by atoms with van der Waals surface area (Å²) in [7, 11) is 0. The first-order valence-corrected chi connectivity index (χ1v) is 4.94. The minimum absolute atomic E-state index is 0.168. The second kappa shape index (κ2) is 4.79. The fraction of sp³-hybridized carbons (Fsp3) is 0.250. The van der Waals surface area contributed by atoms with Gasteiger partial charge in [-0.05, 0) is 26.0 Å². The molecule has 0 aliphatic rings. The smallest absolute Gasteiger partial charge is 0.251 e. The molecule has 0 saturated carbocycles. The predicted molar refractivity (Wildman–Crippen MR) is 62.7 cm³/mol. The number of carbonyl (C=O) groups is 1. The van der Waals surface area contributed by atoms with Crippen molar-refractivity contribution in [3.63, 3.8) is 0 Å². The number of nitrogens with two attached hydrogens (primary N) is 1. The molecule has 86 valence electrons. The number of anilines is 1. The number of hydrogen-bond donors (Lipinski definition) is 2. The Hall–Kier alpha value is -1.84. The normalized spacial score (nSPS) is 11.9. The van der Waals surface area contributed by atoms with Gasteiger partial charge < -0.3 is 11.1 Å². The Kier molecular flexibility index (Phi) is 3.66. The molecule has 0 spiro atoms. The van der Waals surface area contributed by atoms with Gasteiger partial charge in [0.15, 0.2) is 0 Å². The molecule has 0 bridgehead atoms. The standard InChI is InChI=1S/C12H15FN2O/c1-4-7(2)15-12(16)9-5-10(13)8(3)11(14)6-9/h4-7H,1,14H2,2-3H3,(H,15,16). The predicted octanol–water partition coefficient (Wildman–Crippen LogP) is 2.02. The van der Waals surface area contributed by atoms with Crippen molar-refractivity contribution in [2.24, 2.45) is 0 Å². The topological polar surface area (TPSA) is 55.1 Å². The monoisotopic (exact) mass is 222 g/mol. The highest BCUT2D eigenvalue weighted by molar-refractivity contribution is 5.95. The summed E-state index contributed by atoms with van der Waals surface area (Å²) in [4.78, 5) is 11.6. The average molecular weight is 222 g/mol. The van der Waals surface area contributed by atoms with E-state index in [1.807, 2.05) is 0 Å². The van der Waals surface area contributed by atoms with Crippen molar-refractivity contribution < 1.29 is 9.18 Å². The number of rotatable bonds is 3. The van der Waals surface area contributed by atoms with Crippen LogP contribution in [0.2, 0.25) is 0 Å². The molecular weight excluding hydrogens is 207 g/mol. The van der Waals surface area contributed by atoms with E-state index in [0.717, 1.165) is 0 Å². The van der Waals surface area contributed by atoms with Gasteiger partial charge in [0, 0.05) is 22.9 Å². The molecule has 16 heavy (non-hydrogen) atoms. The first-order valence-electron chi connectivity index (χ1n) is 4.94. The number of amides is 1. The summed E-state index contributed by atoms with van der Waals surface area (Å²) in [5.41, 5.74) is 6.43. The fourth-order valence-electron chi connectivity index (χ4n) is 1.18. The summed E-state index contributed by atoms with van der Waals surface area (Å²) in [6, 6.07) is 2.47. The van der Waals surface area contributed by atoms with Crippen LogP contribution >= 0.6 is 0 Å². The highest BCUT2D eigenvalue weighted by atomic mass is 19.1. The Morgan fingerprint density at radius 2 is 2.25 bits per heavy atom. The number of benzene rings is 1. The molecule has 1 aromatic rings. The van der Waals surface area contributed by atoms with Crippen LogP contribution in [0.15, 0.2) is 24.8 Å². The van der Waals surface area contributed by atoms with Crippen molar-refractivity contribution in [3.8, 4) is 0 Å². The number of nitrogens with one attached hydrogen (secondary N) is 1. The molecule has 0 saturated heterocycles. The summed E-state index contributed by atoms with van der Waals surface area (Å²) in [5, 5.41) is 2.64. The lowest BCUT2D eigenvalue weighted by Gasteiger charge is -2.10. The van der Waals surface area contributed by atoms with E-state index in [-0.39, 0.29) is 23.2 Å². The van der Waals surface area contributed by atoms with Gasteiger partial charge in [-0.3, -0.25) is 4.79 Å². The maximum atomic E-state index is 13.3. The molecule has 0 heterocycles. The summed E-state index contributed by atoms with van der Waals surface area (Å²) < 4.78 is 13.3. The van der Waals surface area contributed by atoms with Crippen LogP contribution in [-0.4, -0.2) is 11.9 Å². The molecule has 4 heteroatoms. The Labute approximate surface area is 94.1 Å². The summed E-state index contributed by atoms with van der Waals surface area (Å²) in [6.45, 7) is 6.89. The molecular formula is C12H15FN2O. The molecule has 0 aromatic heterocycles. The van der Waals surface area contributed by atoms with Crippen LogP contribution in [0.3, 0.4) is 0 Å². The van der Waals surface area contributed by atoms with Crippen LogP contribution in [0.1, 0.15) is 22.8 Å². The van der Waals surface area contributed by atoms with E-state index in [1.165, 1.54) is 12.1 Å². The molecule has 3 nitrogen and oxygen atoms in total. The van der Waals surface area contributed by atoms with Crippen LogP contribution in [0, 0.1) is 12.7 Å². The molecule has 0 radical (unpaired) electrons. The van der Waals surface area contributed by atoms with Crippen LogP contribution in [0.25, 0.3) is 0 Å². The van der Waals surface area contributed by atoms with E-state index < -0.39 is 5.82 Å². The minimum atomic E-state index is -0.476. The van der Waals surface area contributed by atoms with Crippen molar-refractivity contribution in [2.75, 3.05) is 5.73 Å². The number of hydrogen-bond acceptors (Lipinski definition) is 2. The maximum Gasteiger partial charge on any atom is 0.251 e. The average Bonchev–Trinajstić information content (AvgIpc) is 2.24. The molecule has 1 amide bonds. The molecule has 0 fully saturated rings. The fourth-order valence-corrected chi connectivity index (χ4v) is 1.18. The van der Waals surface area contributed by atoms with E-state index >= 15 is 0 Å². The van der Waals surface area contributed by atoms with E-state index in [4.69, 9.17) is 5.73 Å². The first kappa shape index (κ1) is 12.2. The van der Waals surface area contributed by atoms with Crippen molar-refractivity contribution >= 4 is 11.6 Å². The van der Waals surface area contributed by atoms with E-state index in [1.54, 1.807) is 19.9 Å². The highest BCUT2D eigenvalue weighted by Gasteiger charge is 2.11. The lowest BCUT2D eigenvalue weighted by atomic mass is 10.1. The van der Waals surface area contributed by atoms with Gasteiger partial charge in [-0.15, -0.1) is 6.58 Å². The number of nitrogen functional groups attached to an aromatic ring is 1. The molecule has 3 N–H and O–H groups in total. The molecule has 1 rings (SSSR count). The van der Waals surface area contributed by atoms with Crippen LogP contribution < -0.4 is 11.1 Å². The van der Waals surface area contributed by atoms with Crippen molar-refractivity contribution in [2.45, 2.75) is 19.9 Å². The largest absolute Gasteiger partial charge is 0.398 e. The van der Waals surface area contributed by atoms with Crippen molar-refractivity contribution in [3.05, 3.63) is 41.7 Å². The summed E-state index contributed by atoms with van der Waals surface area (Å²) in [6.07, 6.45) is 1.59. The van der Waals surface area contributed by atoms with Gasteiger partial charge in [0.05, 0.1) is 0 Å². The van der Waals surface area contributed by atoms with E-state index in [0.29, 0.717) is 5.56 Å². The SMILES string of the molecule is C=CC(C)NC(=O)c1cc(N)c(C)c(F)c1. The highest BCUT2D eigenvalue weighted by Crippen LogP contribution is 2.17. The maximum absolute atomic E-state index is 13.3. The number of carbonyl (C=O) groups excluding carboxylic acids is 1. The van der Waals surface area contributed by atoms with Crippen LogP contribution in [-0.2, 0) is 0 Å². The Morgan fingerprint density at radius 3 is 2.75 bits per heavy atom. The van der Waals surface area contributed by atoms with Crippen molar-refractivity contribution in [1.29, 1.82) is 0 Å². The Bertz CT molecular complexity index is 406. The van der Waals surface area contributed by atoms with Crippen molar-refractivity contribution in [1.82, 2.24) is 5.32 Å². The van der Waals surface area contributed by atoms with E-state index in [2.05, 4.69) is 11.9 Å². The van der Waals surface area contributed by atoms with Gasteiger partial charge in [0.2, 0.25) is 0 Å². The summed E-state index contributed by atoms with van der Waals surface area (Å²) in [5.74, 6) is -0.839. The van der Waals surface area contributed by atoms with Gasteiger partial charge in [-0.2, -0.15) is 0 Å². The molecule has 1 unspecified atom stereocenters. The second-order valence-corrected chi connectivity index (χ2v) is 3.67. The molecule has 0 aliphatic heterocycles. The quantitative estimate of drug-likeness (QED) is 0.607. The Morgan fingerprint density at radius 1 is 1.62 bits per heavy atom. The van der Waals surface area contributed by atoms with Gasteiger partial charge in [0.1, 0.15) is 5.82 Å². The van der Waals surface area contributed by atoms with Gasteiger partial charge in [0.25, 0.3) is 5.91 Å². The molecule has 1 aromatic carbocycles. The van der Waals surface area contributed by atoms with Crippen LogP contribution in [0.5, 0.6) is 0 Å². The second-order valence-electron chi connectivity index (χ2n) is 3.67. The third-order valence-electron chi connectivity index (χ3n) is 2.36. The zero-order valence-corrected chi connectivity index (χ0v) is 9.38. The lowest BCUT2D eigenvalue weighted by molar-refractivity contribution is 0.0946. The van der Waals surface area contributed by atoms with Crippen LogP contribution in [0.4, 0.5) is 10.1 Å². The minimum Gasteiger partial charge on any atom is -0.398 e. The first-order chi connectivity index (χ1) is 7.45.